The number of ether oxygens (including phenoxy) is 1. The van der Waals surface area contributed by atoms with Gasteiger partial charge in [0.15, 0.2) is 0 Å². The summed E-state index contributed by atoms with van der Waals surface area (Å²) >= 11 is 0. The lowest BCUT2D eigenvalue weighted by molar-refractivity contribution is 0.181. The first-order valence-corrected chi connectivity index (χ1v) is 8.30. The Hall–Kier alpha value is -2.51. The quantitative estimate of drug-likeness (QED) is 0.871. The molecule has 132 valence electrons. The van der Waals surface area contributed by atoms with Crippen LogP contribution in [0, 0.1) is 0 Å². The zero-order chi connectivity index (χ0) is 17.6. The summed E-state index contributed by atoms with van der Waals surface area (Å²) in [5.41, 5.74) is 1.92. The molecule has 2 heterocycles. The Morgan fingerprint density at radius 2 is 2.12 bits per heavy atom. The zero-order valence-corrected chi connectivity index (χ0v) is 14.5. The van der Waals surface area contributed by atoms with Crippen molar-refractivity contribution < 1.29 is 9.53 Å². The van der Waals surface area contributed by atoms with Crippen LogP contribution in [0.5, 0.6) is 0 Å². The van der Waals surface area contributed by atoms with E-state index in [4.69, 9.17) is 4.74 Å². The Balaban J connectivity index is 1.65. The van der Waals surface area contributed by atoms with Gasteiger partial charge >= 0.3 is 6.03 Å². The van der Waals surface area contributed by atoms with E-state index in [0.29, 0.717) is 12.4 Å². The molecule has 0 unspecified atom stereocenters. The van der Waals surface area contributed by atoms with Crippen molar-refractivity contribution in [3.63, 3.8) is 0 Å². The lowest BCUT2D eigenvalue weighted by Crippen LogP contribution is -2.41. The highest BCUT2D eigenvalue weighted by Gasteiger charge is 2.33. The molecule has 1 saturated heterocycles. The van der Waals surface area contributed by atoms with Crippen LogP contribution in [0.3, 0.4) is 0 Å². The number of anilines is 1. The molecule has 0 radical (unpaired) electrons. The third-order valence-electron chi connectivity index (χ3n) is 4.36. The number of rotatable bonds is 5. The molecule has 2 aromatic rings. The number of nitrogens with zero attached hydrogens (tertiary/aromatic N) is 3. The van der Waals surface area contributed by atoms with E-state index in [1.54, 1.807) is 13.2 Å². The van der Waals surface area contributed by atoms with Crippen LogP contribution >= 0.6 is 0 Å². The third-order valence-corrected chi connectivity index (χ3v) is 4.36. The van der Waals surface area contributed by atoms with Crippen molar-refractivity contribution in [2.24, 2.45) is 0 Å². The normalized spacial score (nSPS) is 20.4. The number of carbonyl (C=O) groups excluding carboxylic acids is 1. The highest BCUT2D eigenvalue weighted by molar-refractivity contribution is 5.88. The first kappa shape index (κ1) is 17.3. The molecule has 2 atom stereocenters. The Morgan fingerprint density at radius 1 is 1.32 bits per heavy atom. The zero-order valence-electron chi connectivity index (χ0n) is 14.5. The Bertz CT molecular complexity index is 710. The second-order valence-corrected chi connectivity index (χ2v) is 6.16. The van der Waals surface area contributed by atoms with Gasteiger partial charge in [0.1, 0.15) is 12.1 Å². The molecule has 0 bridgehead atoms. The maximum absolute atomic E-state index is 12.4. The monoisotopic (exact) mass is 341 g/mol. The maximum Gasteiger partial charge on any atom is 0.320 e. The number of urea groups is 1. The molecule has 2 N–H and O–H groups in total. The van der Waals surface area contributed by atoms with Gasteiger partial charge < -0.3 is 10.1 Å². The molecule has 7 nitrogen and oxygen atoms in total. The van der Waals surface area contributed by atoms with Crippen LogP contribution in [0.25, 0.3) is 0 Å². The predicted molar refractivity (Wildman–Crippen MR) is 95.1 cm³/mol. The number of amides is 2. The smallest absolute Gasteiger partial charge is 0.320 e. The van der Waals surface area contributed by atoms with Gasteiger partial charge in [-0.3, -0.25) is 10.2 Å². The van der Waals surface area contributed by atoms with Crippen molar-refractivity contribution in [2.45, 2.75) is 25.1 Å². The van der Waals surface area contributed by atoms with E-state index < -0.39 is 0 Å². The van der Waals surface area contributed by atoms with Crippen LogP contribution in [-0.2, 0) is 11.3 Å². The molecule has 0 saturated carbocycles. The molecule has 1 aliphatic heterocycles. The van der Waals surface area contributed by atoms with Gasteiger partial charge in [-0.25, -0.2) is 14.8 Å². The Kier molecular flexibility index (Phi) is 5.57. The molecule has 1 aromatic heterocycles. The summed E-state index contributed by atoms with van der Waals surface area (Å²) in [7, 11) is 3.68. The van der Waals surface area contributed by atoms with E-state index in [1.165, 1.54) is 11.9 Å². The summed E-state index contributed by atoms with van der Waals surface area (Å²) in [6.07, 6.45) is 2.32. The molecule has 25 heavy (non-hydrogen) atoms. The fourth-order valence-electron chi connectivity index (χ4n) is 3.25. The number of hydrogen-bond acceptors (Lipinski definition) is 5. The second-order valence-electron chi connectivity index (χ2n) is 6.16. The van der Waals surface area contributed by atoms with Gasteiger partial charge in [0, 0.05) is 19.7 Å². The summed E-state index contributed by atoms with van der Waals surface area (Å²) in [5.74, 6) is 0.460. The van der Waals surface area contributed by atoms with Crippen molar-refractivity contribution in [3.8, 4) is 0 Å². The second kappa shape index (κ2) is 8.04. The van der Waals surface area contributed by atoms with E-state index in [9.17, 15) is 4.79 Å². The number of benzene rings is 1. The third kappa shape index (κ3) is 4.32. The molecule has 3 rings (SSSR count). The van der Waals surface area contributed by atoms with Crippen molar-refractivity contribution in [2.75, 3.05) is 26.0 Å². The minimum absolute atomic E-state index is 0.0488. The van der Waals surface area contributed by atoms with Gasteiger partial charge in [-0.05, 0) is 19.0 Å². The lowest BCUT2D eigenvalue weighted by atomic mass is 10.0. The number of likely N-dealkylation sites (N-methyl/N-ethyl adjacent to an activating group) is 1. The van der Waals surface area contributed by atoms with E-state index in [0.717, 1.165) is 18.7 Å². The fourth-order valence-corrected chi connectivity index (χ4v) is 3.25. The van der Waals surface area contributed by atoms with Gasteiger partial charge in [-0.15, -0.1) is 0 Å². The molecular weight excluding hydrogens is 318 g/mol. The summed E-state index contributed by atoms with van der Waals surface area (Å²) in [4.78, 5) is 22.8. The van der Waals surface area contributed by atoms with E-state index >= 15 is 0 Å². The number of hydrogen-bond donors (Lipinski definition) is 2. The van der Waals surface area contributed by atoms with Crippen LogP contribution in [0.15, 0.2) is 42.7 Å². The van der Waals surface area contributed by atoms with Crippen LogP contribution < -0.4 is 10.6 Å². The predicted octanol–water partition coefficient (Wildman–Crippen LogP) is 2.19. The van der Waals surface area contributed by atoms with Crippen LogP contribution in [-0.4, -0.2) is 47.6 Å². The molecular formula is C18H23N5O2. The number of aromatic nitrogens is 2. The molecule has 1 aliphatic rings. The first-order chi connectivity index (χ1) is 12.2. The number of methoxy groups -OCH3 is 1. The minimum atomic E-state index is -0.261. The Morgan fingerprint density at radius 3 is 2.88 bits per heavy atom. The number of carbonyl (C=O) groups is 1. The van der Waals surface area contributed by atoms with Crippen molar-refractivity contribution >= 4 is 11.8 Å². The standard InChI is InChI=1S/C18H23N5O2/c1-23-9-8-15(17(23)13-6-4-3-5-7-13)21-18(24)22-16-10-14(11-25-2)19-12-20-16/h3-7,10,12,15,17H,8-9,11H2,1-2H3,(H2,19,20,21,22,24)/t15-,17-/m1/s1. The lowest BCUT2D eigenvalue weighted by Gasteiger charge is -2.26. The summed E-state index contributed by atoms with van der Waals surface area (Å²) in [6.45, 7) is 1.32. The van der Waals surface area contributed by atoms with Crippen molar-refractivity contribution in [1.29, 1.82) is 0 Å². The number of nitrogens with one attached hydrogen (secondary N) is 2. The molecule has 2 amide bonds. The van der Waals surface area contributed by atoms with Gasteiger partial charge in [0.05, 0.1) is 24.4 Å². The van der Waals surface area contributed by atoms with Gasteiger partial charge in [0.25, 0.3) is 0 Å². The van der Waals surface area contributed by atoms with E-state index in [1.807, 2.05) is 18.2 Å². The van der Waals surface area contributed by atoms with Gasteiger partial charge in [-0.1, -0.05) is 30.3 Å². The highest BCUT2D eigenvalue weighted by Crippen LogP contribution is 2.30. The topological polar surface area (TPSA) is 79.4 Å². The summed E-state index contributed by atoms with van der Waals surface area (Å²) < 4.78 is 5.05. The Labute approximate surface area is 147 Å². The van der Waals surface area contributed by atoms with Crippen LogP contribution in [0.2, 0.25) is 0 Å². The largest absolute Gasteiger partial charge is 0.378 e. The van der Waals surface area contributed by atoms with Gasteiger partial charge in [0.2, 0.25) is 0 Å². The van der Waals surface area contributed by atoms with Crippen LogP contribution in [0.4, 0.5) is 10.6 Å². The average Bonchev–Trinajstić information content (AvgIpc) is 2.96. The highest BCUT2D eigenvalue weighted by atomic mass is 16.5. The molecule has 0 aliphatic carbocycles. The van der Waals surface area contributed by atoms with Crippen molar-refractivity contribution in [3.05, 3.63) is 54.0 Å². The number of likely N-dealkylation sites (tertiary alicyclic amines) is 1. The average molecular weight is 341 g/mol. The summed E-state index contributed by atoms with van der Waals surface area (Å²) in [6, 6.07) is 11.9. The molecule has 7 heteroatoms. The molecule has 1 aromatic carbocycles. The van der Waals surface area contributed by atoms with E-state index in [-0.39, 0.29) is 18.1 Å². The minimum Gasteiger partial charge on any atom is -0.378 e. The first-order valence-electron chi connectivity index (χ1n) is 8.30. The maximum atomic E-state index is 12.4. The molecule has 0 spiro atoms. The van der Waals surface area contributed by atoms with E-state index in [2.05, 4.69) is 44.7 Å². The van der Waals surface area contributed by atoms with Crippen LogP contribution in [0.1, 0.15) is 23.7 Å². The molecule has 1 fully saturated rings. The fraction of sp³-hybridized carbons (Fsp3) is 0.389. The SMILES string of the molecule is COCc1cc(NC(=O)N[C@@H]2CCN(C)[C@@H]2c2ccccc2)ncn1. The van der Waals surface area contributed by atoms with Gasteiger partial charge in [-0.2, -0.15) is 0 Å². The summed E-state index contributed by atoms with van der Waals surface area (Å²) in [5, 5.41) is 5.85. The van der Waals surface area contributed by atoms with Crippen molar-refractivity contribution in [1.82, 2.24) is 20.2 Å².